The van der Waals surface area contributed by atoms with Gasteiger partial charge < -0.3 is 15.4 Å². The normalized spacial score (nSPS) is 12.8. The summed E-state index contributed by atoms with van der Waals surface area (Å²) in [7, 11) is -0.773. The lowest BCUT2D eigenvalue weighted by molar-refractivity contribution is -0.131. The first-order chi connectivity index (χ1) is 9.72. The summed E-state index contributed by atoms with van der Waals surface area (Å²) in [5.74, 6) is 0.0892. The lowest BCUT2D eigenvalue weighted by Crippen LogP contribution is -2.45. The van der Waals surface area contributed by atoms with Gasteiger partial charge in [0.2, 0.25) is 15.9 Å². The van der Waals surface area contributed by atoms with Gasteiger partial charge in [0.15, 0.2) is 0 Å². The molecule has 0 bridgehead atoms. The Balaban J connectivity index is 2.96. The van der Waals surface area contributed by atoms with Crippen molar-refractivity contribution in [3.8, 4) is 5.75 Å². The molecule has 7 nitrogen and oxygen atoms in total. The number of hydrogen-bond donors (Lipinski definition) is 2. The standard InChI is InChI=1S/C13H21N3O4S/c1-5-16(3)13(17)9(2)15-21(18,19)10-6-7-12(20-4)11(14)8-10/h6-9,15H,5,14H2,1-4H3. The van der Waals surface area contributed by atoms with Crippen molar-refractivity contribution in [1.29, 1.82) is 0 Å². The monoisotopic (exact) mass is 315 g/mol. The van der Waals surface area contributed by atoms with Crippen molar-refractivity contribution in [3.63, 3.8) is 0 Å². The first-order valence-corrected chi connectivity index (χ1v) is 7.92. The first kappa shape index (κ1) is 17.3. The molecule has 8 heteroatoms. The van der Waals surface area contributed by atoms with Crippen LogP contribution in [0.2, 0.25) is 0 Å². The van der Waals surface area contributed by atoms with E-state index < -0.39 is 16.1 Å². The van der Waals surface area contributed by atoms with Crippen molar-refractivity contribution in [2.75, 3.05) is 26.4 Å². The molecule has 1 rings (SSSR count). The average molecular weight is 315 g/mol. The molecule has 0 saturated carbocycles. The van der Waals surface area contributed by atoms with Crippen molar-refractivity contribution in [2.24, 2.45) is 0 Å². The smallest absolute Gasteiger partial charge is 0.241 e. The highest BCUT2D eigenvalue weighted by Gasteiger charge is 2.24. The number of carbonyl (C=O) groups is 1. The second kappa shape index (κ2) is 6.77. The second-order valence-corrected chi connectivity index (χ2v) is 6.31. The molecule has 21 heavy (non-hydrogen) atoms. The van der Waals surface area contributed by atoms with Gasteiger partial charge in [-0.2, -0.15) is 4.72 Å². The molecule has 0 heterocycles. The molecule has 1 atom stereocenters. The van der Waals surface area contributed by atoms with Crippen molar-refractivity contribution in [3.05, 3.63) is 18.2 Å². The predicted molar refractivity (Wildman–Crippen MR) is 80.5 cm³/mol. The van der Waals surface area contributed by atoms with Crippen LogP contribution in [0, 0.1) is 0 Å². The minimum absolute atomic E-state index is 0.0143. The van der Waals surface area contributed by atoms with E-state index >= 15 is 0 Å². The van der Waals surface area contributed by atoms with Gasteiger partial charge in [-0.3, -0.25) is 4.79 Å². The van der Waals surface area contributed by atoms with Gasteiger partial charge in [0, 0.05) is 13.6 Å². The molecule has 3 N–H and O–H groups in total. The molecule has 0 aliphatic rings. The Morgan fingerprint density at radius 2 is 2.10 bits per heavy atom. The van der Waals surface area contributed by atoms with Crippen molar-refractivity contribution in [1.82, 2.24) is 9.62 Å². The van der Waals surface area contributed by atoms with E-state index in [1.807, 2.05) is 6.92 Å². The number of nitrogens with two attached hydrogens (primary N) is 1. The Morgan fingerprint density at radius 3 is 2.57 bits per heavy atom. The summed E-state index contributed by atoms with van der Waals surface area (Å²) < 4.78 is 31.8. The molecule has 0 aromatic heterocycles. The Kier molecular flexibility index (Phi) is 5.56. The molecule has 1 amide bonds. The highest BCUT2D eigenvalue weighted by Crippen LogP contribution is 2.24. The summed E-state index contributed by atoms with van der Waals surface area (Å²) in [6, 6.07) is 3.28. The van der Waals surface area contributed by atoms with Gasteiger partial charge in [0.25, 0.3) is 0 Å². The lowest BCUT2D eigenvalue weighted by atomic mass is 10.3. The highest BCUT2D eigenvalue weighted by molar-refractivity contribution is 7.89. The average Bonchev–Trinajstić information content (AvgIpc) is 2.44. The number of ether oxygens (including phenoxy) is 1. The maximum atomic E-state index is 12.2. The van der Waals surface area contributed by atoms with Crippen LogP contribution >= 0.6 is 0 Å². The third-order valence-electron chi connectivity index (χ3n) is 3.06. The van der Waals surface area contributed by atoms with E-state index in [2.05, 4.69) is 4.72 Å². The zero-order valence-corrected chi connectivity index (χ0v) is 13.4. The van der Waals surface area contributed by atoms with Crippen molar-refractivity contribution < 1.29 is 17.9 Å². The number of nitrogens with one attached hydrogen (secondary N) is 1. The van der Waals surface area contributed by atoms with E-state index in [1.165, 1.54) is 37.1 Å². The molecular formula is C13H21N3O4S. The van der Waals surface area contributed by atoms with Crippen LogP contribution in [0.25, 0.3) is 0 Å². The predicted octanol–water partition coefficient (Wildman–Crippen LogP) is 0.423. The summed E-state index contributed by atoms with van der Waals surface area (Å²) in [5.41, 5.74) is 5.91. The van der Waals surface area contributed by atoms with Crippen LogP contribution in [0.15, 0.2) is 23.1 Å². The molecule has 118 valence electrons. The summed E-state index contributed by atoms with van der Waals surface area (Å²) in [6.07, 6.45) is 0. The number of anilines is 1. The maximum Gasteiger partial charge on any atom is 0.241 e. The van der Waals surface area contributed by atoms with Crippen LogP contribution in [0.1, 0.15) is 13.8 Å². The number of methoxy groups -OCH3 is 1. The minimum atomic E-state index is -3.83. The molecule has 0 aliphatic carbocycles. The van der Waals surface area contributed by atoms with Gasteiger partial charge in [-0.15, -0.1) is 0 Å². The van der Waals surface area contributed by atoms with Crippen LogP contribution in [0.3, 0.4) is 0 Å². The number of sulfonamides is 1. The highest BCUT2D eigenvalue weighted by atomic mass is 32.2. The largest absolute Gasteiger partial charge is 0.495 e. The zero-order valence-electron chi connectivity index (χ0n) is 12.6. The minimum Gasteiger partial charge on any atom is -0.495 e. The molecule has 1 unspecified atom stereocenters. The molecular weight excluding hydrogens is 294 g/mol. The van der Waals surface area contributed by atoms with Gasteiger partial charge in [-0.25, -0.2) is 8.42 Å². The molecule has 0 radical (unpaired) electrons. The fraction of sp³-hybridized carbons (Fsp3) is 0.462. The van der Waals surface area contributed by atoms with Gasteiger partial charge in [0.1, 0.15) is 5.75 Å². The summed E-state index contributed by atoms with van der Waals surface area (Å²) >= 11 is 0. The molecule has 1 aromatic carbocycles. The van der Waals surface area contributed by atoms with Crippen LogP contribution in [-0.4, -0.2) is 46.0 Å². The van der Waals surface area contributed by atoms with Crippen LogP contribution in [-0.2, 0) is 14.8 Å². The number of nitrogens with zero attached hydrogens (tertiary/aromatic N) is 1. The molecule has 0 fully saturated rings. The van der Waals surface area contributed by atoms with E-state index in [1.54, 1.807) is 7.05 Å². The van der Waals surface area contributed by atoms with Gasteiger partial charge in [-0.1, -0.05) is 0 Å². The van der Waals surface area contributed by atoms with Crippen LogP contribution in [0.4, 0.5) is 5.69 Å². The van der Waals surface area contributed by atoms with E-state index in [0.717, 1.165) is 0 Å². The maximum absolute atomic E-state index is 12.2. The quantitative estimate of drug-likeness (QED) is 0.741. The number of nitrogen functional groups attached to an aromatic ring is 1. The number of carbonyl (C=O) groups excluding carboxylic acids is 1. The molecule has 0 spiro atoms. The van der Waals surface area contributed by atoms with Gasteiger partial charge in [-0.05, 0) is 32.0 Å². The SMILES string of the molecule is CCN(C)C(=O)C(C)NS(=O)(=O)c1ccc(OC)c(N)c1. The van der Waals surface area contributed by atoms with Crippen LogP contribution in [0.5, 0.6) is 5.75 Å². The number of hydrogen-bond acceptors (Lipinski definition) is 5. The summed E-state index contributed by atoms with van der Waals surface area (Å²) in [6.45, 7) is 3.81. The zero-order chi connectivity index (χ0) is 16.2. The summed E-state index contributed by atoms with van der Waals surface area (Å²) in [5, 5.41) is 0. The third-order valence-corrected chi connectivity index (χ3v) is 4.60. The number of benzene rings is 1. The second-order valence-electron chi connectivity index (χ2n) is 4.60. The number of likely N-dealkylation sites (N-methyl/N-ethyl adjacent to an activating group) is 1. The molecule has 0 aliphatic heterocycles. The van der Waals surface area contributed by atoms with E-state index in [0.29, 0.717) is 12.3 Å². The fourth-order valence-electron chi connectivity index (χ4n) is 1.72. The summed E-state index contributed by atoms with van der Waals surface area (Å²) in [4.78, 5) is 13.3. The van der Waals surface area contributed by atoms with Gasteiger partial charge in [0.05, 0.1) is 23.7 Å². The number of rotatable bonds is 6. The van der Waals surface area contributed by atoms with Gasteiger partial charge >= 0.3 is 0 Å². The lowest BCUT2D eigenvalue weighted by Gasteiger charge is -2.20. The Hall–Kier alpha value is -1.80. The van der Waals surface area contributed by atoms with Crippen LogP contribution < -0.4 is 15.2 Å². The number of amides is 1. The van der Waals surface area contributed by atoms with Crippen molar-refractivity contribution >= 4 is 21.6 Å². The van der Waals surface area contributed by atoms with E-state index in [4.69, 9.17) is 10.5 Å². The molecule has 1 aromatic rings. The van der Waals surface area contributed by atoms with E-state index in [-0.39, 0.29) is 16.5 Å². The third kappa shape index (κ3) is 4.08. The van der Waals surface area contributed by atoms with Crippen molar-refractivity contribution in [2.45, 2.75) is 24.8 Å². The Morgan fingerprint density at radius 1 is 1.48 bits per heavy atom. The first-order valence-electron chi connectivity index (χ1n) is 6.43. The topological polar surface area (TPSA) is 102 Å². The molecule has 0 saturated heterocycles. The Labute approximate surface area is 125 Å². The Bertz CT molecular complexity index is 616. The fourth-order valence-corrected chi connectivity index (χ4v) is 2.95. The van der Waals surface area contributed by atoms with E-state index in [9.17, 15) is 13.2 Å².